The van der Waals surface area contributed by atoms with Gasteiger partial charge in [0.05, 0.1) is 22.7 Å². The third kappa shape index (κ3) is 3.13. The van der Waals surface area contributed by atoms with Gasteiger partial charge in [-0.3, -0.25) is 0 Å². The standard InChI is InChI=1S/C34H29BN2/c1-34(2)26-17-7-9-19-28(26)35(29-20-10-8-18-27(29)34)37-31-22-12-11-21-30(31)36(3)32-23-13-16-25(33(32)37)24-14-5-4-6-15-24/h4-23H,1-3H3. The molecule has 0 saturated carbocycles. The molecule has 0 atom stereocenters. The molecular weight excluding hydrogens is 447 g/mol. The summed E-state index contributed by atoms with van der Waals surface area (Å²) in [6.45, 7) is 4.78. The molecule has 0 spiro atoms. The van der Waals surface area contributed by atoms with Gasteiger partial charge in [-0.2, -0.15) is 0 Å². The van der Waals surface area contributed by atoms with Crippen LogP contribution in [0, 0.1) is 0 Å². The van der Waals surface area contributed by atoms with E-state index in [-0.39, 0.29) is 12.3 Å². The normalized spacial score (nSPS) is 14.9. The first-order valence-electron chi connectivity index (χ1n) is 13.1. The molecule has 2 heterocycles. The minimum absolute atomic E-state index is 0.0545. The summed E-state index contributed by atoms with van der Waals surface area (Å²) in [7, 11) is 2.19. The number of rotatable bonds is 2. The van der Waals surface area contributed by atoms with Crippen LogP contribution in [0.3, 0.4) is 0 Å². The fourth-order valence-corrected chi connectivity index (χ4v) is 6.58. The Labute approximate surface area is 219 Å². The highest BCUT2D eigenvalue weighted by molar-refractivity contribution is 6.90. The van der Waals surface area contributed by atoms with Crippen LogP contribution in [-0.4, -0.2) is 13.9 Å². The predicted octanol–water partition coefficient (Wildman–Crippen LogP) is 7.02. The zero-order valence-corrected chi connectivity index (χ0v) is 21.5. The molecule has 2 aliphatic rings. The average molecular weight is 476 g/mol. The highest BCUT2D eigenvalue weighted by Crippen LogP contribution is 2.52. The molecule has 0 aliphatic carbocycles. The summed E-state index contributed by atoms with van der Waals surface area (Å²) in [4.78, 5) is 4.96. The molecule has 37 heavy (non-hydrogen) atoms. The van der Waals surface area contributed by atoms with Gasteiger partial charge in [0.2, 0.25) is 0 Å². The van der Waals surface area contributed by atoms with Crippen molar-refractivity contribution in [3.05, 3.63) is 132 Å². The van der Waals surface area contributed by atoms with Gasteiger partial charge in [0.25, 0.3) is 0 Å². The Hall–Kier alpha value is -4.24. The first kappa shape index (κ1) is 22.0. The van der Waals surface area contributed by atoms with Crippen molar-refractivity contribution in [1.82, 2.24) is 0 Å². The van der Waals surface area contributed by atoms with E-state index in [1.54, 1.807) is 0 Å². The molecule has 0 amide bonds. The minimum atomic E-state index is -0.0719. The van der Waals surface area contributed by atoms with E-state index < -0.39 is 0 Å². The lowest BCUT2D eigenvalue weighted by molar-refractivity contribution is 0.645. The van der Waals surface area contributed by atoms with Crippen LogP contribution >= 0.6 is 0 Å². The molecule has 0 unspecified atom stereocenters. The number of para-hydroxylation sites is 3. The summed E-state index contributed by atoms with van der Waals surface area (Å²) in [5.41, 5.74) is 12.9. The van der Waals surface area contributed by atoms with Gasteiger partial charge in [0.1, 0.15) is 0 Å². The van der Waals surface area contributed by atoms with Crippen molar-refractivity contribution in [3.8, 4) is 11.1 Å². The molecule has 0 saturated heterocycles. The minimum Gasteiger partial charge on any atom is -0.373 e. The Bertz CT molecular complexity index is 1590. The molecule has 2 nitrogen and oxygen atoms in total. The number of anilines is 4. The van der Waals surface area contributed by atoms with Crippen LogP contribution in [-0.2, 0) is 5.41 Å². The van der Waals surface area contributed by atoms with Crippen LogP contribution in [0.15, 0.2) is 121 Å². The first-order chi connectivity index (χ1) is 18.1. The van der Waals surface area contributed by atoms with Gasteiger partial charge in [-0.25, -0.2) is 0 Å². The van der Waals surface area contributed by atoms with Gasteiger partial charge in [0, 0.05) is 18.0 Å². The second kappa shape index (κ2) is 8.14. The lowest BCUT2D eigenvalue weighted by Crippen LogP contribution is -2.63. The van der Waals surface area contributed by atoms with Crippen molar-refractivity contribution >= 4 is 40.5 Å². The van der Waals surface area contributed by atoms with Crippen LogP contribution in [0.5, 0.6) is 0 Å². The molecule has 2 aliphatic heterocycles. The van der Waals surface area contributed by atoms with Crippen molar-refractivity contribution in [3.63, 3.8) is 0 Å². The van der Waals surface area contributed by atoms with E-state index in [0.717, 1.165) is 0 Å². The van der Waals surface area contributed by atoms with E-state index in [2.05, 4.69) is 152 Å². The Morgan fingerprint density at radius 1 is 0.541 bits per heavy atom. The monoisotopic (exact) mass is 476 g/mol. The van der Waals surface area contributed by atoms with Gasteiger partial charge in [-0.15, -0.1) is 0 Å². The van der Waals surface area contributed by atoms with E-state index in [0.29, 0.717) is 0 Å². The van der Waals surface area contributed by atoms with Gasteiger partial charge in [-0.1, -0.05) is 117 Å². The molecule has 5 aromatic rings. The smallest absolute Gasteiger partial charge is 0.328 e. The number of nitrogens with zero attached hydrogens (tertiary/aromatic N) is 2. The van der Waals surface area contributed by atoms with E-state index in [1.807, 2.05) is 0 Å². The summed E-state index contributed by atoms with van der Waals surface area (Å²) < 4.78 is 0. The maximum absolute atomic E-state index is 2.61. The average Bonchev–Trinajstić information content (AvgIpc) is 2.95. The van der Waals surface area contributed by atoms with Crippen LogP contribution < -0.4 is 20.6 Å². The van der Waals surface area contributed by atoms with Gasteiger partial charge in [-0.05, 0) is 45.8 Å². The topological polar surface area (TPSA) is 6.48 Å². The van der Waals surface area contributed by atoms with Crippen molar-refractivity contribution in [2.24, 2.45) is 0 Å². The Balaban J connectivity index is 1.59. The van der Waals surface area contributed by atoms with E-state index in [9.17, 15) is 0 Å². The SMILES string of the molecule is CN1c2ccccc2N(B2c3ccccc3C(C)(C)c3ccccc32)c2c(-c3ccccc3)cccc21. The lowest BCUT2D eigenvalue weighted by Gasteiger charge is -2.47. The molecule has 7 rings (SSSR count). The van der Waals surface area contributed by atoms with Crippen molar-refractivity contribution < 1.29 is 0 Å². The van der Waals surface area contributed by atoms with Crippen molar-refractivity contribution in [2.75, 3.05) is 16.8 Å². The Kier molecular flexibility index (Phi) is 4.84. The molecular formula is C34H29BN2. The largest absolute Gasteiger partial charge is 0.373 e. The second-order valence-corrected chi connectivity index (χ2v) is 10.7. The summed E-state index contributed by atoms with van der Waals surface area (Å²) in [6.07, 6.45) is 0. The highest BCUT2D eigenvalue weighted by Gasteiger charge is 2.45. The number of benzene rings is 5. The van der Waals surface area contributed by atoms with Crippen LogP contribution in [0.1, 0.15) is 25.0 Å². The van der Waals surface area contributed by atoms with E-state index >= 15 is 0 Å². The third-order valence-electron chi connectivity index (χ3n) is 8.32. The molecule has 0 radical (unpaired) electrons. The summed E-state index contributed by atoms with van der Waals surface area (Å²) in [6, 6.07) is 44.4. The quantitative estimate of drug-likeness (QED) is 0.253. The third-order valence-corrected chi connectivity index (χ3v) is 8.32. The van der Waals surface area contributed by atoms with Crippen LogP contribution in [0.4, 0.5) is 22.7 Å². The number of fused-ring (bicyclic) bond motifs is 4. The molecule has 5 aromatic carbocycles. The Morgan fingerprint density at radius 2 is 1.08 bits per heavy atom. The number of hydrogen-bond acceptors (Lipinski definition) is 2. The maximum Gasteiger partial charge on any atom is 0.328 e. The summed E-state index contributed by atoms with van der Waals surface area (Å²) >= 11 is 0. The molecule has 0 aromatic heterocycles. The second-order valence-electron chi connectivity index (χ2n) is 10.7. The highest BCUT2D eigenvalue weighted by atomic mass is 15.2. The van der Waals surface area contributed by atoms with E-state index in [1.165, 1.54) is 55.9 Å². The van der Waals surface area contributed by atoms with Crippen LogP contribution in [0.25, 0.3) is 11.1 Å². The van der Waals surface area contributed by atoms with Gasteiger partial charge >= 0.3 is 6.85 Å². The zero-order chi connectivity index (χ0) is 25.1. The molecule has 178 valence electrons. The predicted molar refractivity (Wildman–Crippen MR) is 159 cm³/mol. The molecule has 0 fully saturated rings. The Morgan fingerprint density at radius 3 is 1.76 bits per heavy atom. The zero-order valence-electron chi connectivity index (χ0n) is 21.5. The molecule has 0 bridgehead atoms. The van der Waals surface area contributed by atoms with Gasteiger partial charge in [0.15, 0.2) is 0 Å². The molecule has 3 heteroatoms. The van der Waals surface area contributed by atoms with Crippen LogP contribution in [0.2, 0.25) is 0 Å². The summed E-state index contributed by atoms with van der Waals surface area (Å²) in [5, 5.41) is 0. The van der Waals surface area contributed by atoms with Crippen molar-refractivity contribution in [1.29, 1.82) is 0 Å². The maximum atomic E-state index is 2.61. The fourth-order valence-electron chi connectivity index (χ4n) is 6.58. The molecule has 0 N–H and O–H groups in total. The fraction of sp³-hybridized carbons (Fsp3) is 0.118. The van der Waals surface area contributed by atoms with E-state index in [4.69, 9.17) is 0 Å². The number of hydrogen-bond donors (Lipinski definition) is 0. The summed E-state index contributed by atoms with van der Waals surface area (Å²) in [5.74, 6) is 0. The first-order valence-corrected chi connectivity index (χ1v) is 13.1. The van der Waals surface area contributed by atoms with Gasteiger partial charge < -0.3 is 9.71 Å². The van der Waals surface area contributed by atoms with Crippen molar-refractivity contribution in [2.45, 2.75) is 19.3 Å². The lowest BCUT2D eigenvalue weighted by atomic mass is 9.40.